The highest BCUT2D eigenvalue weighted by molar-refractivity contribution is 9.10. The number of hydrogen-bond donors (Lipinski definition) is 1. The molecule has 1 N–H and O–H groups in total. The van der Waals surface area contributed by atoms with Crippen molar-refractivity contribution in [1.29, 1.82) is 0 Å². The standard InChI is InChI=1S/C27H18BrF6NO3.C26H16BrF6NO3/c1-14-3-5-24(35(14)19-8-15(26(36)37-2)7-16(9-19)27(32,33)34)20-10-17(28)4-6-25(20)38-13-21-22(30)11-18(29)12-23(21)31;1-13-2-4-23(34(13)18-7-14(25(35)36)6-15(8-18)26(31,32)33)19-9-16(27)3-5-24(19)37-12-20-21(29)10-17(28)11-22(20)30/h3-12H,13H2,1-2H3;2-11H,12H2,1H3,(H,35,36). The lowest BCUT2D eigenvalue weighted by Gasteiger charge is -2.18. The molecule has 390 valence electrons. The molecule has 0 saturated carbocycles. The first-order chi connectivity index (χ1) is 35.2. The van der Waals surface area contributed by atoms with Gasteiger partial charge in [-0.3, -0.25) is 0 Å². The number of esters is 1. The number of carboxylic acids is 1. The maximum Gasteiger partial charge on any atom is 0.416 e. The van der Waals surface area contributed by atoms with Crippen molar-refractivity contribution >= 4 is 43.8 Å². The maximum atomic E-state index is 14.2. The van der Waals surface area contributed by atoms with Gasteiger partial charge in [0.2, 0.25) is 0 Å². The van der Waals surface area contributed by atoms with Gasteiger partial charge < -0.3 is 28.5 Å². The zero-order valence-corrected chi connectivity index (χ0v) is 41.8. The quantitative estimate of drug-likeness (QED) is 0.0968. The van der Waals surface area contributed by atoms with Gasteiger partial charge in [0, 0.05) is 67.1 Å². The van der Waals surface area contributed by atoms with Crippen LogP contribution in [0.1, 0.15) is 54.4 Å². The average molecular weight is 1180 g/mol. The topological polar surface area (TPSA) is 91.9 Å². The molecule has 0 atom stereocenters. The van der Waals surface area contributed by atoms with Gasteiger partial charge in [0.25, 0.3) is 0 Å². The molecule has 2 heterocycles. The van der Waals surface area contributed by atoms with Gasteiger partial charge in [-0.1, -0.05) is 31.9 Å². The van der Waals surface area contributed by atoms with Crippen molar-refractivity contribution < 1.29 is 81.6 Å². The Hall–Kier alpha value is -7.46. The van der Waals surface area contributed by atoms with Gasteiger partial charge in [0.1, 0.15) is 59.6 Å². The number of halogens is 14. The third-order valence-electron chi connectivity index (χ3n) is 11.2. The summed E-state index contributed by atoms with van der Waals surface area (Å²) in [6.07, 6.45) is -9.54. The number of methoxy groups -OCH3 is 1. The molecule has 8 rings (SSSR count). The molecule has 8 aromatic rings. The molecule has 0 unspecified atom stereocenters. The Labute approximate surface area is 434 Å². The van der Waals surface area contributed by atoms with E-state index in [0.29, 0.717) is 79.2 Å². The summed E-state index contributed by atoms with van der Waals surface area (Å²) in [4.78, 5) is 23.7. The number of aromatic carboxylic acids is 1. The summed E-state index contributed by atoms with van der Waals surface area (Å²) in [5, 5.41) is 9.39. The second kappa shape index (κ2) is 22.2. The first-order valence-electron chi connectivity index (χ1n) is 21.5. The van der Waals surface area contributed by atoms with E-state index in [1.807, 2.05) is 0 Å². The molecule has 0 radical (unpaired) electrons. The van der Waals surface area contributed by atoms with E-state index in [0.717, 1.165) is 25.3 Å². The lowest BCUT2D eigenvalue weighted by atomic mass is 10.1. The number of benzene rings is 6. The molecule has 22 heteroatoms. The second-order valence-electron chi connectivity index (χ2n) is 16.3. The van der Waals surface area contributed by atoms with E-state index >= 15 is 0 Å². The highest BCUT2D eigenvalue weighted by atomic mass is 79.9. The number of alkyl halides is 6. The molecule has 0 aliphatic carbocycles. The molecule has 0 saturated heterocycles. The normalized spacial score (nSPS) is 11.5. The van der Waals surface area contributed by atoms with Crippen molar-refractivity contribution in [3.05, 3.63) is 210 Å². The zero-order chi connectivity index (χ0) is 54.8. The zero-order valence-electron chi connectivity index (χ0n) is 38.6. The fourth-order valence-electron chi connectivity index (χ4n) is 7.73. The van der Waals surface area contributed by atoms with Gasteiger partial charge in [-0.25, -0.2) is 35.9 Å². The maximum absolute atomic E-state index is 14.2. The van der Waals surface area contributed by atoms with Gasteiger partial charge in [0.05, 0.1) is 51.9 Å². The van der Waals surface area contributed by atoms with E-state index in [-0.39, 0.29) is 28.4 Å². The molecule has 0 aliphatic rings. The Morgan fingerprint density at radius 1 is 0.520 bits per heavy atom. The molecular formula is C53H34Br2F12N2O6. The molecule has 0 aliphatic heterocycles. The van der Waals surface area contributed by atoms with Crippen molar-refractivity contribution in [3.63, 3.8) is 0 Å². The van der Waals surface area contributed by atoms with E-state index < -0.39 is 100 Å². The van der Waals surface area contributed by atoms with E-state index in [1.165, 1.54) is 27.3 Å². The van der Waals surface area contributed by atoms with E-state index in [1.54, 1.807) is 62.4 Å². The minimum Gasteiger partial charge on any atom is -0.488 e. The fraction of sp³-hybridized carbons (Fsp3) is 0.132. The second-order valence-corrected chi connectivity index (χ2v) is 18.1. The summed E-state index contributed by atoms with van der Waals surface area (Å²) >= 11 is 6.67. The van der Waals surface area contributed by atoms with Crippen molar-refractivity contribution in [3.8, 4) is 45.4 Å². The Kier molecular flexibility index (Phi) is 16.3. The Morgan fingerprint density at radius 2 is 0.893 bits per heavy atom. The van der Waals surface area contributed by atoms with Crippen molar-refractivity contribution in [2.24, 2.45) is 0 Å². The van der Waals surface area contributed by atoms with E-state index in [4.69, 9.17) is 9.47 Å². The molecule has 0 fully saturated rings. The Bertz CT molecular complexity index is 3450. The van der Waals surface area contributed by atoms with Crippen molar-refractivity contribution in [1.82, 2.24) is 9.13 Å². The summed E-state index contributed by atoms with van der Waals surface area (Å²) in [7, 11) is 1.06. The van der Waals surface area contributed by atoms with E-state index in [2.05, 4.69) is 36.6 Å². The molecule has 0 amide bonds. The van der Waals surface area contributed by atoms with Gasteiger partial charge in [-0.15, -0.1) is 0 Å². The molecule has 6 aromatic carbocycles. The van der Waals surface area contributed by atoms with Crippen LogP contribution in [0.2, 0.25) is 0 Å². The summed E-state index contributed by atoms with van der Waals surface area (Å²) < 4.78 is 185. The Balaban J connectivity index is 0.000000219. The molecule has 75 heavy (non-hydrogen) atoms. The van der Waals surface area contributed by atoms with Gasteiger partial charge in [0.15, 0.2) is 0 Å². The monoisotopic (exact) mass is 1180 g/mol. The van der Waals surface area contributed by atoms with Crippen molar-refractivity contribution in [2.45, 2.75) is 39.4 Å². The van der Waals surface area contributed by atoms with Crippen LogP contribution in [-0.4, -0.2) is 33.3 Å². The number of carbonyl (C=O) groups excluding carboxylic acids is 1. The molecule has 0 bridgehead atoms. The summed E-state index contributed by atoms with van der Waals surface area (Å²) in [6.45, 7) is 2.09. The molecule has 8 nitrogen and oxygen atoms in total. The molecular weight excluding hydrogens is 1150 g/mol. The first kappa shape index (κ1) is 55.3. The molecule has 2 aromatic heterocycles. The SMILES string of the molecule is COC(=O)c1cc(-n2c(C)ccc2-c2cc(Br)ccc2OCc2c(F)cc(F)cc2F)cc(C(F)(F)F)c1.Cc1ccc(-c2cc(Br)ccc2OCc2c(F)cc(F)cc2F)n1-c1cc(C(=O)O)cc(C(F)(F)F)c1. The van der Waals surface area contributed by atoms with Gasteiger partial charge >= 0.3 is 24.3 Å². The van der Waals surface area contributed by atoms with Crippen LogP contribution in [0.4, 0.5) is 52.7 Å². The Morgan fingerprint density at radius 3 is 1.25 bits per heavy atom. The number of ether oxygens (including phenoxy) is 3. The summed E-state index contributed by atoms with van der Waals surface area (Å²) in [6, 6.07) is 23.3. The summed E-state index contributed by atoms with van der Waals surface area (Å²) in [5.41, 5.74) is -1.70. The van der Waals surface area contributed by atoms with E-state index in [9.17, 15) is 67.4 Å². The van der Waals surface area contributed by atoms with Crippen LogP contribution >= 0.6 is 31.9 Å². The smallest absolute Gasteiger partial charge is 0.416 e. The molecule has 0 spiro atoms. The minimum absolute atomic E-state index is 0.0271. The number of carboxylic acid groups (broad SMARTS) is 1. The number of hydrogen-bond acceptors (Lipinski definition) is 5. The van der Waals surface area contributed by atoms with Crippen LogP contribution in [0, 0.1) is 48.8 Å². The highest BCUT2D eigenvalue weighted by Gasteiger charge is 2.34. The number of rotatable bonds is 12. The van der Waals surface area contributed by atoms with Gasteiger partial charge in [-0.2, -0.15) is 26.3 Å². The number of aryl methyl sites for hydroxylation is 2. The lowest BCUT2D eigenvalue weighted by molar-refractivity contribution is -0.138. The van der Waals surface area contributed by atoms with Crippen LogP contribution in [0.25, 0.3) is 33.9 Å². The first-order valence-corrected chi connectivity index (χ1v) is 23.1. The predicted molar refractivity (Wildman–Crippen MR) is 257 cm³/mol. The minimum atomic E-state index is -4.80. The lowest BCUT2D eigenvalue weighted by Crippen LogP contribution is -2.11. The summed E-state index contributed by atoms with van der Waals surface area (Å²) in [5.74, 6) is -8.90. The average Bonchev–Trinajstić information content (AvgIpc) is 3.92. The fourth-order valence-corrected chi connectivity index (χ4v) is 8.45. The van der Waals surface area contributed by atoms with Crippen LogP contribution in [0.15, 0.2) is 130 Å². The number of carbonyl (C=O) groups is 2. The van der Waals surface area contributed by atoms with Crippen LogP contribution < -0.4 is 9.47 Å². The third-order valence-corrected chi connectivity index (χ3v) is 12.2. The largest absolute Gasteiger partial charge is 0.488 e. The number of aromatic nitrogens is 2. The van der Waals surface area contributed by atoms with Crippen LogP contribution in [0.5, 0.6) is 11.5 Å². The van der Waals surface area contributed by atoms with Crippen LogP contribution in [-0.2, 0) is 30.3 Å². The highest BCUT2D eigenvalue weighted by Crippen LogP contribution is 2.41. The third kappa shape index (κ3) is 12.6. The van der Waals surface area contributed by atoms with Gasteiger partial charge in [-0.05, 0) is 111 Å². The van der Waals surface area contributed by atoms with Crippen LogP contribution in [0.3, 0.4) is 0 Å². The predicted octanol–water partition coefficient (Wildman–Crippen LogP) is 15.9. The van der Waals surface area contributed by atoms with Crippen molar-refractivity contribution in [2.75, 3.05) is 7.11 Å². The number of nitrogens with zero attached hydrogens (tertiary/aromatic N) is 2.